The van der Waals surface area contributed by atoms with Crippen molar-refractivity contribution in [2.75, 3.05) is 0 Å². The van der Waals surface area contributed by atoms with Crippen LogP contribution in [-0.4, -0.2) is 0 Å². The Labute approximate surface area is 68.7 Å². The first-order valence-electron chi connectivity index (χ1n) is 4.42. The van der Waals surface area contributed by atoms with Gasteiger partial charge in [-0.05, 0) is 25.7 Å². The lowest BCUT2D eigenvalue weighted by atomic mass is 9.70. The number of hydrogen-bond donors (Lipinski definition) is 0. The van der Waals surface area contributed by atoms with E-state index < -0.39 is 0 Å². The zero-order chi connectivity index (χ0) is 8.16. The largest absolute Gasteiger partial charge is 0.197 e. The second-order valence-electron chi connectivity index (χ2n) is 3.31. The summed E-state index contributed by atoms with van der Waals surface area (Å²) < 4.78 is 0. The van der Waals surface area contributed by atoms with Gasteiger partial charge in [0.05, 0.1) is 11.5 Å². The molecule has 1 aliphatic carbocycles. The van der Waals surface area contributed by atoms with Crippen LogP contribution in [0, 0.1) is 16.7 Å². The number of allylic oxidation sites excluding steroid dienone is 2. The van der Waals surface area contributed by atoms with Crippen LogP contribution < -0.4 is 0 Å². The van der Waals surface area contributed by atoms with E-state index in [1.807, 2.05) is 0 Å². The molecule has 1 rings (SSSR count). The van der Waals surface area contributed by atoms with Crippen molar-refractivity contribution in [3.8, 4) is 6.07 Å². The van der Waals surface area contributed by atoms with E-state index in [2.05, 4.69) is 25.1 Å². The van der Waals surface area contributed by atoms with Gasteiger partial charge < -0.3 is 0 Å². The molecule has 11 heavy (non-hydrogen) atoms. The standard InChI is InChI=1S/C10H15N/c1-2-3-4-6-10(9-11)7-5-8-10/h4,6H,2-3,5,7-8H2,1H3/b6-4+. The molecule has 0 N–H and O–H groups in total. The van der Waals surface area contributed by atoms with E-state index in [0.717, 1.165) is 19.3 Å². The molecule has 0 radical (unpaired) electrons. The normalized spacial score (nSPS) is 21.1. The molecule has 0 aromatic rings. The Hall–Kier alpha value is -0.770. The molecule has 1 saturated carbocycles. The minimum absolute atomic E-state index is 0.0603. The minimum atomic E-state index is -0.0603. The Balaban J connectivity index is 2.39. The molecule has 60 valence electrons. The first-order valence-corrected chi connectivity index (χ1v) is 4.42. The van der Waals surface area contributed by atoms with Gasteiger partial charge in [-0.3, -0.25) is 0 Å². The lowest BCUT2D eigenvalue weighted by molar-refractivity contribution is 0.287. The number of hydrogen-bond acceptors (Lipinski definition) is 1. The second kappa shape index (κ2) is 3.57. The molecule has 0 amide bonds. The summed E-state index contributed by atoms with van der Waals surface area (Å²) in [5.41, 5.74) is -0.0603. The van der Waals surface area contributed by atoms with Crippen LogP contribution in [0.5, 0.6) is 0 Å². The number of unbranched alkanes of at least 4 members (excludes halogenated alkanes) is 1. The molecular formula is C10H15N. The summed E-state index contributed by atoms with van der Waals surface area (Å²) in [7, 11) is 0. The Morgan fingerprint density at radius 1 is 1.55 bits per heavy atom. The summed E-state index contributed by atoms with van der Waals surface area (Å²) in [6.45, 7) is 2.16. The zero-order valence-corrected chi connectivity index (χ0v) is 7.14. The van der Waals surface area contributed by atoms with Crippen LogP contribution in [0.1, 0.15) is 39.0 Å². The quantitative estimate of drug-likeness (QED) is 0.566. The summed E-state index contributed by atoms with van der Waals surface area (Å²) in [4.78, 5) is 0. The third kappa shape index (κ3) is 1.83. The second-order valence-corrected chi connectivity index (χ2v) is 3.31. The summed E-state index contributed by atoms with van der Waals surface area (Å²) >= 11 is 0. The van der Waals surface area contributed by atoms with Gasteiger partial charge in [-0.15, -0.1) is 0 Å². The zero-order valence-electron chi connectivity index (χ0n) is 7.14. The van der Waals surface area contributed by atoms with Crippen LogP contribution in [-0.2, 0) is 0 Å². The van der Waals surface area contributed by atoms with Gasteiger partial charge in [-0.2, -0.15) is 5.26 Å². The van der Waals surface area contributed by atoms with Crippen molar-refractivity contribution in [3.05, 3.63) is 12.2 Å². The van der Waals surface area contributed by atoms with Gasteiger partial charge >= 0.3 is 0 Å². The molecule has 0 saturated heterocycles. The number of rotatable bonds is 3. The van der Waals surface area contributed by atoms with Gasteiger partial charge in [0.15, 0.2) is 0 Å². The van der Waals surface area contributed by atoms with E-state index in [1.54, 1.807) is 0 Å². The molecule has 1 fully saturated rings. The Kier molecular flexibility index (Phi) is 2.70. The molecule has 0 heterocycles. The third-order valence-corrected chi connectivity index (χ3v) is 2.36. The fourth-order valence-electron chi connectivity index (χ4n) is 1.35. The van der Waals surface area contributed by atoms with E-state index in [4.69, 9.17) is 5.26 Å². The van der Waals surface area contributed by atoms with Gasteiger partial charge in [0.2, 0.25) is 0 Å². The average molecular weight is 149 g/mol. The average Bonchev–Trinajstić information content (AvgIpc) is 1.95. The van der Waals surface area contributed by atoms with Crippen molar-refractivity contribution in [2.24, 2.45) is 5.41 Å². The first kappa shape index (κ1) is 8.33. The SMILES string of the molecule is CCC/C=C/C1(C#N)CCC1. The maximum atomic E-state index is 8.83. The summed E-state index contributed by atoms with van der Waals surface area (Å²) in [6, 6.07) is 2.39. The molecule has 0 aliphatic heterocycles. The first-order chi connectivity index (χ1) is 5.33. The van der Waals surface area contributed by atoms with E-state index in [9.17, 15) is 0 Å². The maximum absolute atomic E-state index is 8.83. The molecule has 1 heteroatoms. The van der Waals surface area contributed by atoms with E-state index in [-0.39, 0.29) is 5.41 Å². The van der Waals surface area contributed by atoms with Crippen LogP contribution in [0.15, 0.2) is 12.2 Å². The van der Waals surface area contributed by atoms with Crippen molar-refractivity contribution in [1.82, 2.24) is 0 Å². The van der Waals surface area contributed by atoms with Crippen LogP contribution in [0.2, 0.25) is 0 Å². The van der Waals surface area contributed by atoms with Crippen LogP contribution in [0.25, 0.3) is 0 Å². The molecule has 0 spiro atoms. The van der Waals surface area contributed by atoms with Crippen molar-refractivity contribution in [1.29, 1.82) is 5.26 Å². The summed E-state index contributed by atoms with van der Waals surface area (Å²) in [5, 5.41) is 8.83. The minimum Gasteiger partial charge on any atom is -0.197 e. The van der Waals surface area contributed by atoms with Crippen LogP contribution in [0.3, 0.4) is 0 Å². The van der Waals surface area contributed by atoms with Crippen molar-refractivity contribution < 1.29 is 0 Å². The van der Waals surface area contributed by atoms with Gasteiger partial charge in [-0.1, -0.05) is 25.5 Å². The van der Waals surface area contributed by atoms with Gasteiger partial charge in [-0.25, -0.2) is 0 Å². The molecule has 0 aromatic heterocycles. The van der Waals surface area contributed by atoms with E-state index in [1.165, 1.54) is 12.8 Å². The van der Waals surface area contributed by atoms with Crippen molar-refractivity contribution in [3.63, 3.8) is 0 Å². The molecule has 0 atom stereocenters. The highest BCUT2D eigenvalue weighted by atomic mass is 14.4. The van der Waals surface area contributed by atoms with Crippen LogP contribution >= 0.6 is 0 Å². The maximum Gasteiger partial charge on any atom is 0.0753 e. The molecule has 0 aromatic carbocycles. The molecule has 1 aliphatic rings. The summed E-state index contributed by atoms with van der Waals surface area (Å²) in [5.74, 6) is 0. The topological polar surface area (TPSA) is 23.8 Å². The molecule has 1 nitrogen and oxygen atoms in total. The molecule has 0 bridgehead atoms. The predicted molar refractivity (Wildman–Crippen MR) is 45.9 cm³/mol. The van der Waals surface area contributed by atoms with Gasteiger partial charge in [0.1, 0.15) is 0 Å². The lowest BCUT2D eigenvalue weighted by Gasteiger charge is -2.31. The highest BCUT2D eigenvalue weighted by molar-refractivity contribution is 5.16. The highest BCUT2D eigenvalue weighted by Gasteiger charge is 2.33. The highest BCUT2D eigenvalue weighted by Crippen LogP contribution is 2.41. The predicted octanol–water partition coefficient (Wildman–Crippen LogP) is 3.04. The molecule has 0 unspecified atom stereocenters. The van der Waals surface area contributed by atoms with Gasteiger partial charge in [0, 0.05) is 0 Å². The number of nitrogens with zero attached hydrogens (tertiary/aromatic N) is 1. The fraction of sp³-hybridized carbons (Fsp3) is 0.700. The van der Waals surface area contributed by atoms with E-state index in [0.29, 0.717) is 0 Å². The van der Waals surface area contributed by atoms with Crippen molar-refractivity contribution >= 4 is 0 Å². The smallest absolute Gasteiger partial charge is 0.0753 e. The van der Waals surface area contributed by atoms with Crippen molar-refractivity contribution in [2.45, 2.75) is 39.0 Å². The van der Waals surface area contributed by atoms with Crippen LogP contribution in [0.4, 0.5) is 0 Å². The Morgan fingerprint density at radius 2 is 2.27 bits per heavy atom. The Morgan fingerprint density at radius 3 is 2.64 bits per heavy atom. The third-order valence-electron chi connectivity index (χ3n) is 2.36. The Bertz CT molecular complexity index is 182. The fourth-order valence-corrected chi connectivity index (χ4v) is 1.35. The van der Waals surface area contributed by atoms with E-state index >= 15 is 0 Å². The monoisotopic (exact) mass is 149 g/mol. The van der Waals surface area contributed by atoms with Gasteiger partial charge in [0.25, 0.3) is 0 Å². The summed E-state index contributed by atoms with van der Waals surface area (Å²) in [6.07, 6.45) is 9.93. The lowest BCUT2D eigenvalue weighted by Crippen LogP contribution is -2.24. The molecular weight excluding hydrogens is 134 g/mol. The number of nitriles is 1.